The van der Waals surface area contributed by atoms with Crippen molar-refractivity contribution in [2.75, 3.05) is 18.5 Å². The number of hydrogen-bond acceptors (Lipinski definition) is 2. The van der Waals surface area contributed by atoms with E-state index in [1.54, 1.807) is 0 Å². The van der Waals surface area contributed by atoms with Gasteiger partial charge in [-0.05, 0) is 25.5 Å². The molecule has 0 aliphatic carbocycles. The molecule has 1 unspecified atom stereocenters. The van der Waals surface area contributed by atoms with Crippen LogP contribution in [-0.2, 0) is 6.54 Å². The largest absolute Gasteiger partial charge is 0.373 e. The molecule has 2 heteroatoms. The lowest BCUT2D eigenvalue weighted by Crippen LogP contribution is -2.33. The number of hydrogen-bond donors (Lipinski definition) is 1. The Labute approximate surface area is 85.9 Å². The second-order valence-electron chi connectivity index (χ2n) is 4.29. The minimum atomic E-state index is 0.563. The highest BCUT2D eigenvalue weighted by atomic mass is 15.1. The Kier molecular flexibility index (Phi) is 2.46. The highest BCUT2D eigenvalue weighted by Crippen LogP contribution is 2.23. The SMILES string of the molecule is Cc1ccc2c(c1)CNC(C)CN2C. The minimum Gasteiger partial charge on any atom is -0.373 e. The van der Waals surface area contributed by atoms with Gasteiger partial charge in [-0.1, -0.05) is 17.7 Å². The molecule has 0 fully saturated rings. The summed E-state index contributed by atoms with van der Waals surface area (Å²) in [4.78, 5) is 2.33. The average molecular weight is 190 g/mol. The first-order valence-corrected chi connectivity index (χ1v) is 5.21. The van der Waals surface area contributed by atoms with Gasteiger partial charge >= 0.3 is 0 Å². The van der Waals surface area contributed by atoms with Gasteiger partial charge in [0.1, 0.15) is 0 Å². The summed E-state index contributed by atoms with van der Waals surface area (Å²) in [5, 5.41) is 3.52. The molecular weight excluding hydrogens is 172 g/mol. The Morgan fingerprint density at radius 3 is 3.00 bits per heavy atom. The molecule has 14 heavy (non-hydrogen) atoms. The highest BCUT2D eigenvalue weighted by Gasteiger charge is 2.15. The number of aryl methyl sites for hydroxylation is 1. The van der Waals surface area contributed by atoms with Gasteiger partial charge in [-0.15, -0.1) is 0 Å². The van der Waals surface area contributed by atoms with Gasteiger partial charge in [0.2, 0.25) is 0 Å². The molecule has 1 aromatic rings. The van der Waals surface area contributed by atoms with Gasteiger partial charge in [-0.3, -0.25) is 0 Å². The summed E-state index contributed by atoms with van der Waals surface area (Å²) in [5.74, 6) is 0. The topological polar surface area (TPSA) is 15.3 Å². The van der Waals surface area contributed by atoms with E-state index in [9.17, 15) is 0 Å². The van der Waals surface area contributed by atoms with Crippen molar-refractivity contribution in [3.63, 3.8) is 0 Å². The van der Waals surface area contributed by atoms with Crippen molar-refractivity contribution < 1.29 is 0 Å². The van der Waals surface area contributed by atoms with Crippen LogP contribution in [-0.4, -0.2) is 19.6 Å². The molecule has 1 atom stereocenters. The fourth-order valence-electron chi connectivity index (χ4n) is 2.09. The molecule has 1 aliphatic rings. The van der Waals surface area contributed by atoms with Crippen LogP contribution in [0.1, 0.15) is 18.1 Å². The van der Waals surface area contributed by atoms with E-state index in [2.05, 4.69) is 49.3 Å². The second kappa shape index (κ2) is 3.62. The van der Waals surface area contributed by atoms with E-state index in [4.69, 9.17) is 0 Å². The lowest BCUT2D eigenvalue weighted by Gasteiger charge is -2.21. The molecule has 0 bridgehead atoms. The molecule has 0 saturated carbocycles. The van der Waals surface area contributed by atoms with Gasteiger partial charge in [0.15, 0.2) is 0 Å². The van der Waals surface area contributed by atoms with Crippen molar-refractivity contribution in [1.29, 1.82) is 0 Å². The number of nitrogens with one attached hydrogen (secondary N) is 1. The van der Waals surface area contributed by atoms with E-state index in [1.807, 2.05) is 0 Å². The smallest absolute Gasteiger partial charge is 0.0409 e. The summed E-state index contributed by atoms with van der Waals surface area (Å²) in [5.41, 5.74) is 4.12. The molecule has 76 valence electrons. The quantitative estimate of drug-likeness (QED) is 0.672. The van der Waals surface area contributed by atoms with Crippen LogP contribution in [0.4, 0.5) is 5.69 Å². The van der Waals surface area contributed by atoms with Crippen LogP contribution in [0.2, 0.25) is 0 Å². The van der Waals surface area contributed by atoms with Crippen molar-refractivity contribution in [2.24, 2.45) is 0 Å². The maximum atomic E-state index is 3.52. The van der Waals surface area contributed by atoms with Crippen molar-refractivity contribution in [3.8, 4) is 0 Å². The van der Waals surface area contributed by atoms with E-state index in [1.165, 1.54) is 16.8 Å². The Morgan fingerprint density at radius 1 is 1.43 bits per heavy atom. The third-order valence-corrected chi connectivity index (χ3v) is 2.83. The van der Waals surface area contributed by atoms with Crippen LogP contribution in [0.5, 0.6) is 0 Å². The average Bonchev–Trinajstić information content (AvgIpc) is 2.26. The Morgan fingerprint density at radius 2 is 2.21 bits per heavy atom. The fraction of sp³-hybridized carbons (Fsp3) is 0.500. The molecule has 2 rings (SSSR count). The molecule has 0 radical (unpaired) electrons. The molecular formula is C12H18N2. The van der Waals surface area contributed by atoms with E-state index in [0.29, 0.717) is 6.04 Å². The summed E-state index contributed by atoms with van der Waals surface area (Å²) in [6, 6.07) is 7.25. The van der Waals surface area contributed by atoms with Crippen molar-refractivity contribution in [3.05, 3.63) is 29.3 Å². The summed E-state index contributed by atoms with van der Waals surface area (Å²) >= 11 is 0. The lowest BCUT2D eigenvalue weighted by atomic mass is 10.1. The summed E-state index contributed by atoms with van der Waals surface area (Å²) in [7, 11) is 2.16. The van der Waals surface area contributed by atoms with Gasteiger partial charge in [-0.25, -0.2) is 0 Å². The Hall–Kier alpha value is -1.02. The number of fused-ring (bicyclic) bond motifs is 1. The van der Waals surface area contributed by atoms with Crippen LogP contribution in [0.15, 0.2) is 18.2 Å². The van der Waals surface area contributed by atoms with Crippen LogP contribution in [0, 0.1) is 6.92 Å². The monoisotopic (exact) mass is 190 g/mol. The van der Waals surface area contributed by atoms with Crippen molar-refractivity contribution in [1.82, 2.24) is 5.32 Å². The number of likely N-dealkylation sites (N-methyl/N-ethyl adjacent to an activating group) is 1. The van der Waals surface area contributed by atoms with E-state index >= 15 is 0 Å². The third kappa shape index (κ3) is 1.75. The van der Waals surface area contributed by atoms with Gasteiger partial charge in [0.25, 0.3) is 0 Å². The summed E-state index contributed by atoms with van der Waals surface area (Å²) in [6.45, 7) is 6.45. The maximum Gasteiger partial charge on any atom is 0.0409 e. The lowest BCUT2D eigenvalue weighted by molar-refractivity contribution is 0.563. The van der Waals surface area contributed by atoms with Crippen molar-refractivity contribution >= 4 is 5.69 Å². The van der Waals surface area contributed by atoms with Crippen LogP contribution in [0.25, 0.3) is 0 Å². The molecule has 1 aromatic carbocycles. The third-order valence-electron chi connectivity index (χ3n) is 2.83. The molecule has 0 aromatic heterocycles. The van der Waals surface area contributed by atoms with Crippen molar-refractivity contribution in [2.45, 2.75) is 26.4 Å². The maximum absolute atomic E-state index is 3.52. The standard InChI is InChI=1S/C12H18N2/c1-9-4-5-12-11(6-9)7-13-10(2)8-14(12)3/h4-6,10,13H,7-8H2,1-3H3. The van der Waals surface area contributed by atoms with Crippen LogP contribution in [0.3, 0.4) is 0 Å². The zero-order chi connectivity index (χ0) is 10.1. The van der Waals surface area contributed by atoms with Gasteiger partial charge < -0.3 is 10.2 Å². The highest BCUT2D eigenvalue weighted by molar-refractivity contribution is 5.55. The molecule has 1 heterocycles. The predicted molar refractivity (Wildman–Crippen MR) is 60.8 cm³/mol. The van der Waals surface area contributed by atoms with Crippen LogP contribution < -0.4 is 10.2 Å². The minimum absolute atomic E-state index is 0.563. The van der Waals surface area contributed by atoms with E-state index in [0.717, 1.165) is 13.1 Å². The van der Waals surface area contributed by atoms with E-state index in [-0.39, 0.29) is 0 Å². The van der Waals surface area contributed by atoms with Crippen LogP contribution >= 0.6 is 0 Å². The number of rotatable bonds is 0. The first-order valence-electron chi connectivity index (χ1n) is 5.21. The predicted octanol–water partition coefficient (Wildman–Crippen LogP) is 1.92. The first-order chi connectivity index (χ1) is 6.66. The van der Waals surface area contributed by atoms with Gasteiger partial charge in [0, 0.05) is 31.9 Å². The molecule has 0 spiro atoms. The summed E-state index contributed by atoms with van der Waals surface area (Å²) in [6.07, 6.45) is 0. The Balaban J connectivity index is 2.38. The fourth-order valence-corrected chi connectivity index (χ4v) is 2.09. The normalized spacial score (nSPS) is 21.6. The molecule has 0 saturated heterocycles. The molecule has 1 N–H and O–H groups in total. The molecule has 0 amide bonds. The zero-order valence-corrected chi connectivity index (χ0v) is 9.17. The first kappa shape index (κ1) is 9.53. The summed E-state index contributed by atoms with van der Waals surface area (Å²) < 4.78 is 0. The second-order valence-corrected chi connectivity index (χ2v) is 4.29. The zero-order valence-electron chi connectivity index (χ0n) is 9.17. The van der Waals surface area contributed by atoms with E-state index < -0.39 is 0 Å². The number of anilines is 1. The van der Waals surface area contributed by atoms with Gasteiger partial charge in [0.05, 0.1) is 0 Å². The molecule has 2 nitrogen and oxygen atoms in total. The molecule has 1 aliphatic heterocycles. The van der Waals surface area contributed by atoms with Gasteiger partial charge in [-0.2, -0.15) is 0 Å². The number of nitrogens with zero attached hydrogens (tertiary/aromatic N) is 1. The Bertz CT molecular complexity index is 333. The number of benzene rings is 1.